The van der Waals surface area contributed by atoms with Crippen LogP contribution in [0, 0.1) is 34.5 Å². The number of ketones is 2. The molecule has 0 spiro atoms. The summed E-state index contributed by atoms with van der Waals surface area (Å²) < 4.78 is 0. The molecule has 43 heavy (non-hydrogen) atoms. The van der Waals surface area contributed by atoms with E-state index in [0.717, 1.165) is 57.8 Å². The van der Waals surface area contributed by atoms with Crippen molar-refractivity contribution in [2.45, 2.75) is 143 Å². The van der Waals surface area contributed by atoms with Crippen LogP contribution in [0.3, 0.4) is 0 Å². The van der Waals surface area contributed by atoms with E-state index in [1.807, 2.05) is 13.8 Å². The van der Waals surface area contributed by atoms with Crippen molar-refractivity contribution in [3.63, 3.8) is 0 Å². The molecule has 3 saturated carbocycles. The molecule has 5 atom stereocenters. The van der Waals surface area contributed by atoms with E-state index in [1.54, 1.807) is 4.90 Å². The lowest BCUT2D eigenvalue weighted by Gasteiger charge is -2.38. The Morgan fingerprint density at radius 2 is 1.51 bits per heavy atom. The first-order valence-electron chi connectivity index (χ1n) is 16.7. The number of carbonyl (C=O) groups is 5. The van der Waals surface area contributed by atoms with Crippen molar-refractivity contribution in [1.82, 2.24) is 20.9 Å². The number of piperidine rings is 1. The van der Waals surface area contributed by atoms with Crippen LogP contribution in [-0.2, 0) is 19.2 Å². The van der Waals surface area contributed by atoms with Crippen molar-refractivity contribution >= 4 is 29.4 Å². The fraction of sp³-hybridized carbons (Fsp3) is 0.853. The van der Waals surface area contributed by atoms with Gasteiger partial charge in [0.25, 0.3) is 0 Å². The van der Waals surface area contributed by atoms with Gasteiger partial charge < -0.3 is 20.9 Å². The Morgan fingerprint density at radius 1 is 0.884 bits per heavy atom. The molecule has 0 radical (unpaired) electrons. The van der Waals surface area contributed by atoms with Crippen LogP contribution in [0.25, 0.3) is 0 Å². The number of Topliss-reactive ketones (excluding diaryl/α,β-unsaturated/α-hetero) is 2. The van der Waals surface area contributed by atoms with Crippen molar-refractivity contribution in [3.05, 3.63) is 0 Å². The van der Waals surface area contributed by atoms with E-state index < -0.39 is 35.2 Å². The summed E-state index contributed by atoms with van der Waals surface area (Å²) in [6.07, 6.45) is 9.13. The van der Waals surface area contributed by atoms with Crippen LogP contribution < -0.4 is 16.0 Å². The summed E-state index contributed by atoms with van der Waals surface area (Å²) in [7, 11) is 0. The Labute approximate surface area is 258 Å². The van der Waals surface area contributed by atoms with Crippen LogP contribution in [-0.4, -0.2) is 64.5 Å². The molecule has 1 heterocycles. The molecule has 9 nitrogen and oxygen atoms in total. The van der Waals surface area contributed by atoms with Crippen molar-refractivity contribution in [3.8, 4) is 0 Å². The van der Waals surface area contributed by atoms with Gasteiger partial charge in [0.1, 0.15) is 12.1 Å². The standard InChI is InChI=1S/C34H56N4O5/c1-20(39)28(40)24(17-21-13-12-14-21)35-29(41)27-25-23(34(25,7)8)18-38(27)30(42)26(22-15-10-9-11-16-22)36-31(43)37-33(5,6)19-32(2,3)4/h21-27H,9-19H2,1-8H3,(H,35,41)(H2,36,37,43)/t23-,24?,25-,26-,27-/m0/s1. The highest BCUT2D eigenvalue weighted by atomic mass is 16.2. The predicted octanol–water partition coefficient (Wildman–Crippen LogP) is 4.77. The number of hydrogen-bond acceptors (Lipinski definition) is 5. The fourth-order valence-electron chi connectivity index (χ4n) is 8.49. The Morgan fingerprint density at radius 3 is 2.05 bits per heavy atom. The molecule has 0 aromatic carbocycles. The van der Waals surface area contributed by atoms with Crippen LogP contribution in [0.4, 0.5) is 4.79 Å². The molecule has 1 saturated heterocycles. The highest BCUT2D eigenvalue weighted by molar-refractivity contribution is 6.38. The topological polar surface area (TPSA) is 125 Å². The molecular weight excluding hydrogens is 544 g/mol. The van der Waals surface area contributed by atoms with Gasteiger partial charge >= 0.3 is 6.03 Å². The van der Waals surface area contributed by atoms with Gasteiger partial charge in [-0.3, -0.25) is 19.2 Å². The molecule has 4 aliphatic rings. The molecule has 242 valence electrons. The van der Waals surface area contributed by atoms with E-state index in [0.29, 0.717) is 18.9 Å². The molecule has 0 aromatic rings. The highest BCUT2D eigenvalue weighted by Gasteiger charge is 2.69. The predicted molar refractivity (Wildman–Crippen MR) is 166 cm³/mol. The second-order valence-corrected chi connectivity index (χ2v) is 16.5. The maximum Gasteiger partial charge on any atom is 0.315 e. The Hall–Kier alpha value is -2.45. The number of amides is 4. The average Bonchev–Trinajstić information content (AvgIpc) is 3.19. The first-order valence-corrected chi connectivity index (χ1v) is 16.7. The van der Waals surface area contributed by atoms with Crippen molar-refractivity contribution in [1.29, 1.82) is 0 Å². The van der Waals surface area contributed by atoms with Crippen LogP contribution in [0.15, 0.2) is 0 Å². The lowest BCUT2D eigenvalue weighted by molar-refractivity contribution is -0.144. The Bertz CT molecular complexity index is 1100. The van der Waals surface area contributed by atoms with Gasteiger partial charge in [-0.1, -0.05) is 73.1 Å². The normalized spacial score (nSPS) is 26.9. The molecule has 3 aliphatic carbocycles. The summed E-state index contributed by atoms with van der Waals surface area (Å²) in [6.45, 7) is 16.3. The van der Waals surface area contributed by atoms with Gasteiger partial charge in [-0.2, -0.15) is 0 Å². The molecule has 4 amide bonds. The second kappa shape index (κ2) is 12.5. The third kappa shape index (κ3) is 7.80. The first kappa shape index (κ1) is 33.4. The number of urea groups is 1. The van der Waals surface area contributed by atoms with Gasteiger partial charge in [0.2, 0.25) is 17.6 Å². The van der Waals surface area contributed by atoms with Gasteiger partial charge in [0.15, 0.2) is 5.78 Å². The summed E-state index contributed by atoms with van der Waals surface area (Å²) >= 11 is 0. The summed E-state index contributed by atoms with van der Waals surface area (Å²) in [6, 6.07) is -2.69. The van der Waals surface area contributed by atoms with E-state index in [4.69, 9.17) is 0 Å². The zero-order valence-electron chi connectivity index (χ0n) is 27.8. The molecule has 1 unspecified atom stereocenters. The third-order valence-corrected chi connectivity index (χ3v) is 10.6. The van der Waals surface area contributed by atoms with Gasteiger partial charge in [-0.05, 0) is 74.0 Å². The molecule has 4 fully saturated rings. The highest BCUT2D eigenvalue weighted by Crippen LogP contribution is 2.65. The van der Waals surface area contributed by atoms with Crippen LogP contribution in [0.5, 0.6) is 0 Å². The minimum absolute atomic E-state index is 0.00275. The van der Waals surface area contributed by atoms with E-state index in [9.17, 15) is 24.0 Å². The van der Waals surface area contributed by atoms with Crippen molar-refractivity contribution < 1.29 is 24.0 Å². The molecule has 4 rings (SSSR count). The maximum atomic E-state index is 14.4. The van der Waals surface area contributed by atoms with Crippen molar-refractivity contribution in [2.75, 3.05) is 6.54 Å². The number of hydrogen-bond donors (Lipinski definition) is 3. The number of rotatable bonds is 11. The summed E-state index contributed by atoms with van der Waals surface area (Å²) in [5.41, 5.74) is -0.558. The number of nitrogens with zero attached hydrogens (tertiary/aromatic N) is 1. The fourth-order valence-corrected chi connectivity index (χ4v) is 8.49. The van der Waals surface area contributed by atoms with E-state index in [1.165, 1.54) is 6.92 Å². The van der Waals surface area contributed by atoms with Gasteiger partial charge in [-0.15, -0.1) is 0 Å². The van der Waals surface area contributed by atoms with Gasteiger partial charge in [-0.25, -0.2) is 4.79 Å². The zero-order chi connectivity index (χ0) is 31.9. The van der Waals surface area contributed by atoms with E-state index in [2.05, 4.69) is 50.6 Å². The lowest BCUT2D eigenvalue weighted by Crippen LogP contribution is -2.61. The lowest BCUT2D eigenvalue weighted by atomic mass is 9.79. The van der Waals surface area contributed by atoms with Crippen LogP contribution in [0.1, 0.15) is 120 Å². The van der Waals surface area contributed by atoms with Crippen LogP contribution in [0.2, 0.25) is 0 Å². The summed E-state index contributed by atoms with van der Waals surface area (Å²) in [4.78, 5) is 68.4. The van der Waals surface area contributed by atoms with Gasteiger partial charge in [0, 0.05) is 19.0 Å². The Kier molecular flexibility index (Phi) is 9.73. The Balaban J connectivity index is 1.54. The number of fused-ring (bicyclic) bond motifs is 1. The maximum absolute atomic E-state index is 14.4. The second-order valence-electron chi connectivity index (χ2n) is 16.5. The summed E-state index contributed by atoms with van der Waals surface area (Å²) in [5.74, 6) is -1.24. The minimum Gasteiger partial charge on any atom is -0.344 e. The largest absolute Gasteiger partial charge is 0.344 e. The molecule has 1 aliphatic heterocycles. The van der Waals surface area contributed by atoms with E-state index in [-0.39, 0.29) is 46.4 Å². The number of likely N-dealkylation sites (tertiary alicyclic amines) is 1. The van der Waals surface area contributed by atoms with Crippen LogP contribution >= 0.6 is 0 Å². The SMILES string of the molecule is CC(=O)C(=O)C(CC1CCC1)NC(=O)[C@@H]1[C@@H]2[C@H](CN1C(=O)[C@@H](NC(=O)NC(C)(C)CC(C)(C)C)C1CCCCC1)C2(C)C. The third-order valence-electron chi connectivity index (χ3n) is 10.6. The summed E-state index contributed by atoms with van der Waals surface area (Å²) in [5, 5.41) is 9.09. The molecular formula is C34H56N4O5. The van der Waals surface area contributed by atoms with Gasteiger partial charge in [0.05, 0.1) is 6.04 Å². The number of carbonyl (C=O) groups excluding carboxylic acids is 5. The average molecular weight is 601 g/mol. The first-order chi connectivity index (χ1) is 19.9. The smallest absolute Gasteiger partial charge is 0.315 e. The molecule has 0 aromatic heterocycles. The van der Waals surface area contributed by atoms with Crippen molar-refractivity contribution in [2.24, 2.45) is 34.5 Å². The van der Waals surface area contributed by atoms with E-state index >= 15 is 0 Å². The quantitative estimate of drug-likeness (QED) is 0.295. The minimum atomic E-state index is -0.865. The monoisotopic (exact) mass is 600 g/mol. The zero-order valence-corrected chi connectivity index (χ0v) is 27.8. The molecule has 9 heteroatoms. The molecule has 3 N–H and O–H groups in total. The molecule has 0 bridgehead atoms. The number of nitrogens with one attached hydrogen (secondary N) is 3.